The van der Waals surface area contributed by atoms with Crippen LogP contribution in [-0.4, -0.2) is 0 Å². The lowest BCUT2D eigenvalue weighted by molar-refractivity contribution is 0.746. The predicted octanol–water partition coefficient (Wildman–Crippen LogP) is 18.8. The molecule has 14 rings (SSSR count). The Bertz CT molecular complexity index is 4750. The molecule has 94 heavy (non-hydrogen) atoms. The lowest BCUT2D eigenvalue weighted by Gasteiger charge is -2.39. The highest BCUT2D eigenvalue weighted by Gasteiger charge is 2.43. The summed E-state index contributed by atoms with van der Waals surface area (Å²) in [6.07, 6.45) is 0. The van der Waals surface area contributed by atoms with E-state index in [1.165, 1.54) is 0 Å². The van der Waals surface area contributed by atoms with Gasteiger partial charge in [-0.25, -0.2) is 0 Å². The maximum absolute atomic E-state index is 7.05. The van der Waals surface area contributed by atoms with Gasteiger partial charge in [0.15, 0.2) is 0 Å². The fourth-order valence-electron chi connectivity index (χ4n) is 13.4. The van der Waals surface area contributed by atoms with Crippen molar-refractivity contribution >= 4 is 45.5 Å². The van der Waals surface area contributed by atoms with Gasteiger partial charge < -0.3 is 45.9 Å². The van der Waals surface area contributed by atoms with Gasteiger partial charge in [-0.2, -0.15) is 0 Å². The highest BCUT2D eigenvalue weighted by molar-refractivity contribution is 5.88. The molecular formula is C86H72N8. The molecule has 0 aliphatic carbocycles. The van der Waals surface area contributed by atoms with E-state index >= 15 is 0 Å². The van der Waals surface area contributed by atoms with Crippen LogP contribution in [0.4, 0.5) is 45.5 Å². The molecule has 456 valence electrons. The molecule has 0 saturated heterocycles. The van der Waals surface area contributed by atoms with Crippen LogP contribution in [0.3, 0.4) is 0 Å². The van der Waals surface area contributed by atoms with E-state index in [1.54, 1.807) is 0 Å². The number of para-hydroxylation sites is 2. The first-order valence-corrected chi connectivity index (χ1v) is 31.3. The van der Waals surface area contributed by atoms with Crippen LogP contribution >= 0.6 is 0 Å². The number of nitrogens with two attached hydrogens (primary N) is 8. The molecule has 0 fully saturated rings. The van der Waals surface area contributed by atoms with E-state index < -0.39 is 10.8 Å². The second-order valence-corrected chi connectivity index (χ2v) is 23.7. The van der Waals surface area contributed by atoms with Crippen molar-refractivity contribution in [2.24, 2.45) is 0 Å². The molecule has 16 N–H and O–H groups in total. The lowest BCUT2D eigenvalue weighted by atomic mass is 9.63. The van der Waals surface area contributed by atoms with Gasteiger partial charge in [0.2, 0.25) is 0 Å². The second kappa shape index (κ2) is 26.1. The molecule has 0 radical (unpaired) electrons. The standard InChI is InChI=1S/2C43H36N4/c44-39-17-9-7-15-35(39)37-27-33(23-25-41(37)46)43(31-13-5-2-6-14-31,32-21-19-30(20-22-32)29-11-3-1-4-12-29)34-24-26-42(47)38(28-34)36-16-8-10-18-40(36)45;44-37-21-13-31(14-22-37)33-17-25-41(46)39(27-33)43(35-9-5-2-6-10-35,36-19-11-30(12-20-36)29-7-3-1-4-8-29)40-28-34(18-26-42(40)47)32-15-23-38(45)24-16-32/h2*1-28H,44-47H2. The Morgan fingerprint density at radius 1 is 0.160 bits per heavy atom. The molecule has 8 nitrogen and oxygen atoms in total. The van der Waals surface area contributed by atoms with E-state index in [4.69, 9.17) is 45.9 Å². The minimum atomic E-state index is -0.877. The third-order valence-corrected chi connectivity index (χ3v) is 18.1. The Morgan fingerprint density at radius 3 is 0.798 bits per heavy atom. The van der Waals surface area contributed by atoms with E-state index in [1.807, 2.05) is 146 Å². The molecule has 14 aromatic rings. The number of rotatable bonds is 14. The minimum absolute atomic E-state index is 0.656. The average Bonchev–Trinajstić information content (AvgIpc) is 0.728. The second-order valence-electron chi connectivity index (χ2n) is 23.7. The van der Waals surface area contributed by atoms with Crippen LogP contribution in [-0.2, 0) is 10.8 Å². The van der Waals surface area contributed by atoms with Crippen LogP contribution in [0.15, 0.2) is 340 Å². The van der Waals surface area contributed by atoms with Crippen LogP contribution in [0, 0.1) is 0 Å². The molecule has 8 heteroatoms. The van der Waals surface area contributed by atoms with Gasteiger partial charge >= 0.3 is 0 Å². The maximum Gasteiger partial charge on any atom is 0.0741 e. The van der Waals surface area contributed by atoms with Gasteiger partial charge in [0.25, 0.3) is 0 Å². The zero-order chi connectivity index (χ0) is 64.8. The number of nitrogen functional groups attached to an aromatic ring is 8. The Morgan fingerprint density at radius 2 is 0.415 bits per heavy atom. The highest BCUT2D eigenvalue weighted by Crippen LogP contribution is 2.52. The van der Waals surface area contributed by atoms with E-state index in [0.29, 0.717) is 45.5 Å². The van der Waals surface area contributed by atoms with E-state index in [9.17, 15) is 0 Å². The summed E-state index contributed by atoms with van der Waals surface area (Å²) in [6.45, 7) is 0. The van der Waals surface area contributed by atoms with Crippen LogP contribution in [0.2, 0.25) is 0 Å². The highest BCUT2D eigenvalue weighted by atomic mass is 14.6. The summed E-state index contributed by atoms with van der Waals surface area (Å²) in [5.41, 5.74) is 76.9. The molecule has 0 unspecified atom stereocenters. The van der Waals surface area contributed by atoms with Crippen molar-refractivity contribution < 1.29 is 0 Å². The molecule has 0 aromatic heterocycles. The van der Waals surface area contributed by atoms with Gasteiger partial charge in [-0.1, -0.05) is 255 Å². The topological polar surface area (TPSA) is 208 Å². The summed E-state index contributed by atoms with van der Waals surface area (Å²) in [4.78, 5) is 0. The van der Waals surface area contributed by atoms with Crippen molar-refractivity contribution in [3.63, 3.8) is 0 Å². The van der Waals surface area contributed by atoms with Gasteiger partial charge in [0.1, 0.15) is 0 Å². The number of hydrogen-bond acceptors (Lipinski definition) is 8. The van der Waals surface area contributed by atoms with Gasteiger partial charge in [0.05, 0.1) is 10.8 Å². The smallest absolute Gasteiger partial charge is 0.0741 e. The first-order valence-electron chi connectivity index (χ1n) is 31.3. The predicted molar refractivity (Wildman–Crippen MR) is 397 cm³/mol. The molecule has 0 heterocycles. The SMILES string of the molecule is Nc1ccc(-c2ccc(N)c(C(c3ccccc3)(c3ccc(-c4ccccc4)cc3)c3cc(-c4ccc(N)cc4)ccc3N)c2)cc1.Nc1ccccc1-c1cc(C(c2ccccc2)(c2ccc(-c3ccccc3)cc2)c2ccc(N)c(-c3ccccc3N)c2)ccc1N. The average molecular weight is 1220 g/mol. The molecule has 0 aliphatic rings. The fraction of sp³-hybridized carbons (Fsp3) is 0.0233. The third-order valence-electron chi connectivity index (χ3n) is 18.1. The molecule has 0 bridgehead atoms. The van der Waals surface area contributed by atoms with Crippen molar-refractivity contribution in [1.29, 1.82) is 0 Å². The molecule has 0 saturated carbocycles. The molecule has 0 amide bonds. The van der Waals surface area contributed by atoms with Gasteiger partial charge in [-0.15, -0.1) is 0 Å². The number of hydrogen-bond donors (Lipinski definition) is 8. The van der Waals surface area contributed by atoms with E-state index in [0.717, 1.165) is 111 Å². The van der Waals surface area contributed by atoms with Crippen molar-refractivity contribution in [1.82, 2.24) is 0 Å². The largest absolute Gasteiger partial charge is 0.399 e. The Labute approximate surface area is 550 Å². The monoisotopic (exact) mass is 1220 g/mol. The summed E-state index contributed by atoms with van der Waals surface area (Å²) >= 11 is 0. The summed E-state index contributed by atoms with van der Waals surface area (Å²) in [5.74, 6) is 0. The van der Waals surface area contributed by atoms with Gasteiger partial charge in [0, 0.05) is 67.8 Å². The van der Waals surface area contributed by atoms with Gasteiger partial charge in [-0.05, 0) is 174 Å². The van der Waals surface area contributed by atoms with Crippen LogP contribution in [0.25, 0.3) is 66.8 Å². The van der Waals surface area contributed by atoms with Crippen LogP contribution in [0.1, 0.15) is 44.5 Å². The normalized spacial score (nSPS) is 11.3. The van der Waals surface area contributed by atoms with Gasteiger partial charge in [-0.3, -0.25) is 0 Å². The maximum atomic E-state index is 7.05. The first-order chi connectivity index (χ1) is 45.9. The molecule has 0 atom stereocenters. The molecular weight excluding hydrogens is 1150 g/mol. The van der Waals surface area contributed by atoms with Crippen molar-refractivity contribution in [2.45, 2.75) is 10.8 Å². The van der Waals surface area contributed by atoms with E-state index in [-0.39, 0.29) is 0 Å². The molecule has 14 aromatic carbocycles. The number of anilines is 8. The Balaban J connectivity index is 0.000000171. The Hall–Kier alpha value is -12.5. The van der Waals surface area contributed by atoms with E-state index in [2.05, 4.69) is 194 Å². The molecule has 0 spiro atoms. The Kier molecular flexibility index (Phi) is 16.8. The first kappa shape index (κ1) is 60.4. The minimum Gasteiger partial charge on any atom is -0.399 e. The van der Waals surface area contributed by atoms with Crippen molar-refractivity contribution in [3.8, 4) is 66.8 Å². The lowest BCUT2D eigenvalue weighted by Crippen LogP contribution is -2.33. The number of benzene rings is 14. The zero-order valence-corrected chi connectivity index (χ0v) is 52.0. The summed E-state index contributed by atoms with van der Waals surface area (Å²) in [6, 6.07) is 116. The third kappa shape index (κ3) is 11.6. The zero-order valence-electron chi connectivity index (χ0n) is 52.0. The van der Waals surface area contributed by atoms with Crippen LogP contribution in [0.5, 0.6) is 0 Å². The summed E-state index contributed by atoms with van der Waals surface area (Å²) < 4.78 is 0. The summed E-state index contributed by atoms with van der Waals surface area (Å²) in [7, 11) is 0. The summed E-state index contributed by atoms with van der Waals surface area (Å²) in [5, 5.41) is 0. The fourth-order valence-corrected chi connectivity index (χ4v) is 13.4. The van der Waals surface area contributed by atoms with Crippen molar-refractivity contribution in [3.05, 3.63) is 384 Å². The molecule has 0 aliphatic heterocycles. The quantitative estimate of drug-likeness (QED) is 0.0387. The van der Waals surface area contributed by atoms with Crippen molar-refractivity contribution in [2.75, 3.05) is 45.9 Å². The van der Waals surface area contributed by atoms with Crippen LogP contribution < -0.4 is 45.9 Å².